The lowest BCUT2D eigenvalue weighted by Gasteiger charge is -2.16. The van der Waals surface area contributed by atoms with Crippen LogP contribution in [0.25, 0.3) is 0 Å². The van der Waals surface area contributed by atoms with E-state index in [1.54, 1.807) is 0 Å². The second kappa shape index (κ2) is 15.4. The van der Waals surface area contributed by atoms with Gasteiger partial charge in [-0.3, -0.25) is 9.35 Å². The predicted octanol–water partition coefficient (Wildman–Crippen LogP) is 0.916. The van der Waals surface area contributed by atoms with Crippen LogP contribution in [0.3, 0.4) is 0 Å². The average Bonchev–Trinajstić information content (AvgIpc) is 2.58. The van der Waals surface area contributed by atoms with Crippen LogP contribution >= 0.6 is 0 Å². The molecule has 0 atom stereocenters. The van der Waals surface area contributed by atoms with E-state index in [1.165, 1.54) is 13.8 Å². The van der Waals surface area contributed by atoms with Crippen LogP contribution in [0.5, 0.6) is 0 Å². The second-order valence-electron chi connectivity index (χ2n) is 6.32. The summed E-state index contributed by atoms with van der Waals surface area (Å²) in [5.74, 6) is -3.35. The number of esters is 3. The summed E-state index contributed by atoms with van der Waals surface area (Å²) in [5.41, 5.74) is 0.326. The van der Waals surface area contributed by atoms with Crippen molar-refractivity contribution in [2.24, 2.45) is 5.92 Å². The summed E-state index contributed by atoms with van der Waals surface area (Å²) in [6, 6.07) is 0. The number of hydrogen-bond donors (Lipinski definition) is 1. The van der Waals surface area contributed by atoms with Gasteiger partial charge >= 0.3 is 41.0 Å². The number of rotatable bonds is 14. The summed E-state index contributed by atoms with van der Waals surface area (Å²) in [6.07, 6.45) is 1.94. The van der Waals surface area contributed by atoms with E-state index in [9.17, 15) is 22.8 Å². The summed E-state index contributed by atoms with van der Waals surface area (Å²) in [5, 5.41) is 0. The summed E-state index contributed by atoms with van der Waals surface area (Å²) >= 11 is 0. The predicted molar refractivity (Wildman–Crippen MR) is 109 cm³/mol. The Bertz CT molecular complexity index is 655. The van der Waals surface area contributed by atoms with Gasteiger partial charge in [-0.15, -0.1) is 0 Å². The minimum atomic E-state index is -3.96. The first kappa shape index (κ1) is 29.8. The van der Waals surface area contributed by atoms with Crippen LogP contribution in [-0.2, 0) is 38.7 Å². The highest BCUT2D eigenvalue weighted by Gasteiger charge is 2.24. The zero-order valence-corrected chi connectivity index (χ0v) is 17.1. The van der Waals surface area contributed by atoms with E-state index in [4.69, 9.17) is 18.8 Å². The molecule has 29 heavy (non-hydrogen) atoms. The van der Waals surface area contributed by atoms with Gasteiger partial charge in [0.05, 0.1) is 12.4 Å². The Balaban J connectivity index is 0. The first-order valence-electron chi connectivity index (χ1n) is 8.71. The average molecular weight is 447 g/mol. The third kappa shape index (κ3) is 16.1. The van der Waals surface area contributed by atoms with Gasteiger partial charge in [-0.25, -0.2) is 9.59 Å². The van der Waals surface area contributed by atoms with Crippen LogP contribution in [-0.4, -0.2) is 79.5 Å². The van der Waals surface area contributed by atoms with Gasteiger partial charge in [0, 0.05) is 11.1 Å². The molecule has 0 aliphatic heterocycles. The first-order chi connectivity index (χ1) is 12.9. The molecule has 0 radical (unpaired) electrons. The Morgan fingerprint density at radius 2 is 1.31 bits per heavy atom. The highest BCUT2D eigenvalue weighted by atomic mass is 32.2. The minimum absolute atomic E-state index is 0. The number of ether oxygens (including phenoxy) is 3. The summed E-state index contributed by atoms with van der Waals surface area (Å²) in [4.78, 5) is 35.1. The highest BCUT2D eigenvalue weighted by Crippen LogP contribution is 2.08. The fraction of sp³-hybridized carbons (Fsp3) is 0.611. The van der Waals surface area contributed by atoms with E-state index >= 15 is 0 Å². The minimum Gasteiger partial charge on any atom is -0.465 e. The molecular formula is C18H30MgO9S. The van der Waals surface area contributed by atoms with Crippen LogP contribution in [0.2, 0.25) is 0 Å². The topological polar surface area (TPSA) is 133 Å². The first-order valence-corrected chi connectivity index (χ1v) is 10.3. The maximum absolute atomic E-state index is 12.2. The lowest BCUT2D eigenvalue weighted by atomic mass is 10.1. The molecule has 0 rings (SSSR count). The van der Waals surface area contributed by atoms with E-state index in [0.29, 0.717) is 25.7 Å². The molecule has 0 aromatic rings. The van der Waals surface area contributed by atoms with Crippen molar-refractivity contribution >= 4 is 51.1 Å². The fourth-order valence-corrected chi connectivity index (χ4v) is 2.38. The molecule has 0 amide bonds. The number of unbranched alkanes of at least 4 members (excludes halogenated alkanes) is 3. The van der Waals surface area contributed by atoms with E-state index in [2.05, 4.69) is 13.2 Å². The Kier molecular flexibility index (Phi) is 15.8. The van der Waals surface area contributed by atoms with E-state index in [1.807, 2.05) is 0 Å². The molecule has 0 aromatic heterocycles. The smallest absolute Gasteiger partial charge is 0.333 e. The monoisotopic (exact) mass is 446 g/mol. The molecule has 0 fully saturated rings. The van der Waals surface area contributed by atoms with Gasteiger partial charge in [-0.05, 0) is 26.7 Å². The van der Waals surface area contributed by atoms with Gasteiger partial charge in [-0.1, -0.05) is 26.0 Å². The van der Waals surface area contributed by atoms with Gasteiger partial charge < -0.3 is 14.2 Å². The molecule has 0 heterocycles. The van der Waals surface area contributed by atoms with Crippen LogP contribution in [0.4, 0.5) is 0 Å². The number of hydrogen-bond acceptors (Lipinski definition) is 8. The molecule has 0 aliphatic carbocycles. The highest BCUT2D eigenvalue weighted by molar-refractivity contribution is 7.85. The van der Waals surface area contributed by atoms with E-state index in [-0.39, 0.29) is 59.8 Å². The Morgan fingerprint density at radius 3 is 1.72 bits per heavy atom. The molecule has 0 saturated heterocycles. The van der Waals surface area contributed by atoms with Crippen molar-refractivity contribution < 1.29 is 41.6 Å². The van der Waals surface area contributed by atoms with E-state index < -0.39 is 33.9 Å². The third-order valence-corrected chi connectivity index (χ3v) is 4.21. The largest absolute Gasteiger partial charge is 0.465 e. The Morgan fingerprint density at radius 1 is 0.862 bits per heavy atom. The molecule has 9 nitrogen and oxygen atoms in total. The van der Waals surface area contributed by atoms with Crippen LogP contribution in [0.15, 0.2) is 24.3 Å². The van der Waals surface area contributed by atoms with Crippen molar-refractivity contribution in [1.82, 2.24) is 0 Å². The maximum atomic E-state index is 12.2. The van der Waals surface area contributed by atoms with Crippen molar-refractivity contribution in [3.05, 3.63) is 24.3 Å². The van der Waals surface area contributed by atoms with Gasteiger partial charge in [0.2, 0.25) is 0 Å². The molecule has 11 heteroatoms. The second-order valence-corrected chi connectivity index (χ2v) is 7.89. The van der Waals surface area contributed by atoms with Crippen molar-refractivity contribution in [2.75, 3.05) is 25.6 Å². The molecule has 0 spiro atoms. The van der Waals surface area contributed by atoms with Crippen LogP contribution < -0.4 is 0 Å². The molecule has 0 bridgehead atoms. The van der Waals surface area contributed by atoms with Gasteiger partial charge in [0.1, 0.15) is 19.1 Å². The normalized spacial score (nSPS) is 10.6. The van der Waals surface area contributed by atoms with Crippen molar-refractivity contribution in [3.63, 3.8) is 0 Å². The quantitative estimate of drug-likeness (QED) is 0.103. The summed E-state index contributed by atoms with van der Waals surface area (Å²) < 4.78 is 44.8. The summed E-state index contributed by atoms with van der Waals surface area (Å²) in [7, 11) is -3.96. The molecule has 164 valence electrons. The zero-order chi connectivity index (χ0) is 21.7. The van der Waals surface area contributed by atoms with E-state index in [0.717, 1.165) is 0 Å². The Hall–Kier alpha value is -1.43. The SMILES string of the molecule is C=C(C)C(=O)OCC(COC(=O)C(=C)C)C(=O)OCCCCCCS(=O)(=O)O.[MgH2]. The maximum Gasteiger partial charge on any atom is 0.333 e. The Labute approximate surface area is 187 Å². The number of carbonyl (C=O) groups is 3. The standard InChI is InChI=1S/C18H28O9S.Mg.2H/c1-13(2)16(19)26-11-15(12-27-17(20)14(3)4)18(21)25-9-7-5-6-8-10-28(22,23)24;;;/h15H,1,3,5-12H2,2,4H3,(H,22,23,24);;;. The lowest BCUT2D eigenvalue weighted by Crippen LogP contribution is -2.30. The molecule has 0 saturated carbocycles. The van der Waals surface area contributed by atoms with Crippen LogP contribution in [0, 0.1) is 5.92 Å². The number of carbonyl (C=O) groups excluding carboxylic acids is 3. The molecule has 0 unspecified atom stereocenters. The molecule has 1 N–H and O–H groups in total. The van der Waals surface area contributed by atoms with Crippen LogP contribution in [0.1, 0.15) is 39.5 Å². The molecule has 0 aromatic carbocycles. The van der Waals surface area contributed by atoms with Gasteiger partial charge in [0.15, 0.2) is 0 Å². The van der Waals surface area contributed by atoms with Gasteiger partial charge in [0.25, 0.3) is 10.1 Å². The lowest BCUT2D eigenvalue weighted by molar-refractivity contribution is -0.158. The zero-order valence-electron chi connectivity index (χ0n) is 16.3. The molecule has 0 aliphatic rings. The summed E-state index contributed by atoms with van der Waals surface area (Å²) in [6.45, 7) is 9.19. The van der Waals surface area contributed by atoms with Crippen molar-refractivity contribution in [2.45, 2.75) is 39.5 Å². The van der Waals surface area contributed by atoms with Crippen molar-refractivity contribution in [3.8, 4) is 0 Å². The van der Waals surface area contributed by atoms with Gasteiger partial charge in [-0.2, -0.15) is 8.42 Å². The van der Waals surface area contributed by atoms with Crippen molar-refractivity contribution in [1.29, 1.82) is 0 Å². The third-order valence-electron chi connectivity index (χ3n) is 3.40. The molecular weight excluding hydrogens is 417 g/mol. The fourth-order valence-electron chi connectivity index (χ4n) is 1.81.